The van der Waals surface area contributed by atoms with Crippen LogP contribution in [0, 0.1) is 5.92 Å². The molecule has 1 fully saturated rings. The van der Waals surface area contributed by atoms with Crippen molar-refractivity contribution < 1.29 is 19.9 Å². The van der Waals surface area contributed by atoms with Gasteiger partial charge in [-0.1, -0.05) is 17.3 Å². The zero-order valence-electron chi connectivity index (χ0n) is 12.3. The SMILES string of the molecule is C/C(=N\O)c1cccc(NC(=O)C2CCCN(C(=O)O)C2)c1. The number of piperidine rings is 1. The Morgan fingerprint density at radius 1 is 1.41 bits per heavy atom. The average molecular weight is 305 g/mol. The van der Waals surface area contributed by atoms with E-state index in [1.807, 2.05) is 0 Å². The van der Waals surface area contributed by atoms with Gasteiger partial charge in [-0.25, -0.2) is 4.79 Å². The fraction of sp³-hybridized carbons (Fsp3) is 0.400. The summed E-state index contributed by atoms with van der Waals surface area (Å²) in [4.78, 5) is 24.5. The zero-order valence-corrected chi connectivity index (χ0v) is 12.3. The molecule has 2 amide bonds. The molecule has 2 rings (SSSR count). The molecule has 0 spiro atoms. The van der Waals surface area contributed by atoms with Crippen LogP contribution in [0.2, 0.25) is 0 Å². The maximum atomic E-state index is 12.3. The van der Waals surface area contributed by atoms with E-state index in [2.05, 4.69) is 10.5 Å². The summed E-state index contributed by atoms with van der Waals surface area (Å²) in [5.74, 6) is -0.539. The molecule has 1 heterocycles. The van der Waals surface area contributed by atoms with Gasteiger partial charge in [0.1, 0.15) is 0 Å². The van der Waals surface area contributed by atoms with Gasteiger partial charge in [0.25, 0.3) is 0 Å². The van der Waals surface area contributed by atoms with E-state index in [-0.39, 0.29) is 18.4 Å². The van der Waals surface area contributed by atoms with Gasteiger partial charge in [-0.3, -0.25) is 4.79 Å². The lowest BCUT2D eigenvalue weighted by Crippen LogP contribution is -2.43. The van der Waals surface area contributed by atoms with Crippen LogP contribution >= 0.6 is 0 Å². The number of carboxylic acid groups (broad SMARTS) is 1. The number of nitrogens with zero attached hydrogens (tertiary/aromatic N) is 2. The normalized spacial score (nSPS) is 18.9. The van der Waals surface area contributed by atoms with Crippen molar-refractivity contribution in [2.24, 2.45) is 11.1 Å². The second-order valence-electron chi connectivity index (χ2n) is 5.32. The molecule has 1 aliphatic heterocycles. The Kier molecular flexibility index (Phi) is 4.98. The van der Waals surface area contributed by atoms with E-state index in [9.17, 15) is 9.59 Å². The molecule has 0 saturated carbocycles. The molecular formula is C15H19N3O4. The van der Waals surface area contributed by atoms with Crippen LogP contribution in [0.3, 0.4) is 0 Å². The average Bonchev–Trinajstić information content (AvgIpc) is 2.54. The number of hydrogen-bond acceptors (Lipinski definition) is 4. The highest BCUT2D eigenvalue weighted by molar-refractivity contribution is 6.00. The first-order chi connectivity index (χ1) is 10.5. The minimum Gasteiger partial charge on any atom is -0.465 e. The monoisotopic (exact) mass is 305 g/mol. The maximum Gasteiger partial charge on any atom is 0.407 e. The van der Waals surface area contributed by atoms with Crippen LogP contribution in [0.4, 0.5) is 10.5 Å². The van der Waals surface area contributed by atoms with Crippen LogP contribution in [-0.2, 0) is 4.79 Å². The van der Waals surface area contributed by atoms with Crippen LogP contribution in [0.15, 0.2) is 29.4 Å². The topological polar surface area (TPSA) is 102 Å². The smallest absolute Gasteiger partial charge is 0.407 e. The highest BCUT2D eigenvalue weighted by atomic mass is 16.4. The lowest BCUT2D eigenvalue weighted by molar-refractivity contribution is -0.121. The minimum absolute atomic E-state index is 0.193. The molecule has 7 nitrogen and oxygen atoms in total. The van der Waals surface area contributed by atoms with Gasteiger partial charge in [0.2, 0.25) is 5.91 Å². The maximum absolute atomic E-state index is 12.3. The van der Waals surface area contributed by atoms with E-state index >= 15 is 0 Å². The van der Waals surface area contributed by atoms with Gasteiger partial charge in [-0.15, -0.1) is 0 Å². The summed E-state index contributed by atoms with van der Waals surface area (Å²) in [6.45, 7) is 2.35. The number of nitrogens with one attached hydrogen (secondary N) is 1. The van der Waals surface area contributed by atoms with E-state index in [4.69, 9.17) is 10.3 Å². The molecule has 1 aliphatic rings. The van der Waals surface area contributed by atoms with Crippen molar-refractivity contribution >= 4 is 23.4 Å². The zero-order chi connectivity index (χ0) is 16.1. The summed E-state index contributed by atoms with van der Waals surface area (Å²) in [6, 6.07) is 6.98. The molecule has 1 atom stereocenters. The molecule has 0 aliphatic carbocycles. The molecule has 7 heteroatoms. The number of amides is 2. The molecule has 0 bridgehead atoms. The highest BCUT2D eigenvalue weighted by Gasteiger charge is 2.28. The summed E-state index contributed by atoms with van der Waals surface area (Å²) >= 11 is 0. The summed E-state index contributed by atoms with van der Waals surface area (Å²) in [5, 5.41) is 23.7. The van der Waals surface area contributed by atoms with Crippen molar-refractivity contribution in [1.29, 1.82) is 0 Å². The lowest BCUT2D eigenvalue weighted by Gasteiger charge is -2.29. The molecule has 3 N–H and O–H groups in total. The Bertz CT molecular complexity index is 600. The molecule has 1 saturated heterocycles. The third-order valence-electron chi connectivity index (χ3n) is 3.76. The van der Waals surface area contributed by atoms with Gasteiger partial charge in [-0.05, 0) is 31.9 Å². The number of benzene rings is 1. The number of oxime groups is 1. The van der Waals surface area contributed by atoms with Gasteiger partial charge in [0.15, 0.2) is 0 Å². The van der Waals surface area contributed by atoms with E-state index in [1.165, 1.54) is 4.90 Å². The number of carbonyl (C=O) groups excluding carboxylic acids is 1. The number of hydrogen-bond donors (Lipinski definition) is 3. The predicted molar refractivity (Wildman–Crippen MR) is 81.4 cm³/mol. The first-order valence-electron chi connectivity index (χ1n) is 7.09. The van der Waals surface area contributed by atoms with Crippen molar-refractivity contribution in [3.63, 3.8) is 0 Å². The second-order valence-corrected chi connectivity index (χ2v) is 5.32. The van der Waals surface area contributed by atoms with Gasteiger partial charge in [0, 0.05) is 24.3 Å². The number of carbonyl (C=O) groups is 2. The van der Waals surface area contributed by atoms with E-state index < -0.39 is 6.09 Å². The summed E-state index contributed by atoms with van der Waals surface area (Å²) in [6.07, 6.45) is 0.363. The van der Waals surface area contributed by atoms with Crippen LogP contribution in [0.25, 0.3) is 0 Å². The molecule has 1 aromatic carbocycles. The number of anilines is 1. The third-order valence-corrected chi connectivity index (χ3v) is 3.76. The lowest BCUT2D eigenvalue weighted by atomic mass is 9.97. The fourth-order valence-corrected chi connectivity index (χ4v) is 2.49. The Balaban J connectivity index is 2.04. The largest absolute Gasteiger partial charge is 0.465 e. The van der Waals surface area contributed by atoms with E-state index in [0.29, 0.717) is 36.3 Å². The first kappa shape index (κ1) is 15.8. The van der Waals surface area contributed by atoms with Gasteiger partial charge in [0.05, 0.1) is 11.6 Å². The van der Waals surface area contributed by atoms with Crippen LogP contribution in [-0.4, -0.2) is 46.0 Å². The second kappa shape index (κ2) is 6.93. The standard InChI is InChI=1S/C15H19N3O4/c1-10(17-22)11-4-2-6-13(8-11)16-14(19)12-5-3-7-18(9-12)15(20)21/h2,4,6,8,12,22H,3,5,7,9H2,1H3,(H,16,19)(H,20,21)/b17-10+. The Morgan fingerprint density at radius 2 is 2.18 bits per heavy atom. The van der Waals surface area contributed by atoms with Gasteiger partial charge >= 0.3 is 6.09 Å². The van der Waals surface area contributed by atoms with E-state index in [0.717, 1.165) is 0 Å². The molecule has 1 aromatic rings. The first-order valence-corrected chi connectivity index (χ1v) is 7.09. The quantitative estimate of drug-likeness (QED) is 0.452. The molecule has 118 valence electrons. The Labute approximate surface area is 128 Å². The summed E-state index contributed by atoms with van der Waals surface area (Å²) < 4.78 is 0. The van der Waals surface area contributed by atoms with E-state index in [1.54, 1.807) is 31.2 Å². The van der Waals surface area contributed by atoms with Crippen LogP contribution in [0.1, 0.15) is 25.3 Å². The number of rotatable bonds is 3. The van der Waals surface area contributed by atoms with Crippen molar-refractivity contribution in [1.82, 2.24) is 4.90 Å². The molecule has 1 unspecified atom stereocenters. The highest BCUT2D eigenvalue weighted by Crippen LogP contribution is 2.19. The number of likely N-dealkylation sites (tertiary alicyclic amines) is 1. The Hall–Kier alpha value is -2.57. The van der Waals surface area contributed by atoms with Gasteiger partial charge < -0.3 is 20.5 Å². The molecule has 0 aromatic heterocycles. The van der Waals surface area contributed by atoms with Gasteiger partial charge in [-0.2, -0.15) is 0 Å². The van der Waals surface area contributed by atoms with Crippen LogP contribution in [0.5, 0.6) is 0 Å². The Morgan fingerprint density at radius 3 is 2.86 bits per heavy atom. The van der Waals surface area contributed by atoms with Crippen LogP contribution < -0.4 is 5.32 Å². The van der Waals surface area contributed by atoms with Crippen molar-refractivity contribution in [3.8, 4) is 0 Å². The predicted octanol–water partition coefficient (Wildman–Crippen LogP) is 2.21. The third kappa shape index (κ3) is 3.75. The van der Waals surface area contributed by atoms with Crippen molar-refractivity contribution in [2.75, 3.05) is 18.4 Å². The minimum atomic E-state index is -0.991. The summed E-state index contributed by atoms with van der Waals surface area (Å²) in [7, 11) is 0. The van der Waals surface area contributed by atoms with Crippen molar-refractivity contribution in [2.45, 2.75) is 19.8 Å². The fourth-order valence-electron chi connectivity index (χ4n) is 2.49. The molecule has 22 heavy (non-hydrogen) atoms. The molecular weight excluding hydrogens is 286 g/mol. The molecule has 0 radical (unpaired) electrons. The van der Waals surface area contributed by atoms with Crippen molar-refractivity contribution in [3.05, 3.63) is 29.8 Å². The summed E-state index contributed by atoms with van der Waals surface area (Å²) in [5.41, 5.74) is 1.75.